The first-order valence-corrected chi connectivity index (χ1v) is 48.4. The van der Waals surface area contributed by atoms with Gasteiger partial charge in [-0.05, 0) is 197 Å². The SMILES string of the molecule is CC1(C)c2ccccc2-c2cccc(-c3nc(-n4c5ccccc5c5cc6ccccc6cc54)nc4cc(-c5ccccc5)ccc34)c21.c1ccc(-c2ccc3nc(-n4c5ccccc5c5cc6ccccc6cc54)nc(-c4cccc5c4oc4ccccc45)c3c2)cc1.c1ccc(-c2ccc3nc(-n4c5ccccc5c5cc6ccccc6cc54)nc(-c4cccc5c4sc4ccccc45)c3c2)cc1. The van der Waals surface area contributed by atoms with Crippen molar-refractivity contribution in [3.63, 3.8) is 0 Å². The monoisotopic (exact) mass is 1800 g/mol. The summed E-state index contributed by atoms with van der Waals surface area (Å²) < 4.78 is 15.8. The standard InChI is InChI=1S/C45H31N3.C42H25N3O.C42H25N3S/c1-45(2)38-21-10-8-17-32(38)34-19-12-20-36(42(34)45)43-35-24-23-31(28-13-4-3-5-14-28)26-39(35)46-44(47-43)48-40-22-11-9-18-33(40)37-25-29-15-6-7-16-30(29)27-41(37)48;2*1-2-11-26(12-3-1)29-21-22-36-35(24-29)40(33-18-10-17-32-31-16-7-9-20-39(31)46-41(32)33)44-42(43-36)45-37-19-8-6-15-30(37)34-23-27-13-4-5-14-28(27)25-38(34)45/h3-27H,1-2H3;2*1-25H. The van der Waals surface area contributed by atoms with Crippen molar-refractivity contribution in [2.75, 3.05) is 0 Å². The van der Waals surface area contributed by atoms with E-state index in [2.05, 4.69) is 464 Å². The van der Waals surface area contributed by atoms with Crippen molar-refractivity contribution in [2.45, 2.75) is 19.3 Å². The summed E-state index contributed by atoms with van der Waals surface area (Å²) in [6.45, 7) is 4.69. The molecular weight excluding hydrogens is 1720 g/mol. The third-order valence-electron chi connectivity index (χ3n) is 28.7. The van der Waals surface area contributed by atoms with E-state index < -0.39 is 0 Å². The fraction of sp³-hybridized carbons (Fsp3) is 0.0233. The van der Waals surface area contributed by atoms with Gasteiger partial charge in [0.1, 0.15) is 11.2 Å². The van der Waals surface area contributed by atoms with Gasteiger partial charge in [-0.3, -0.25) is 13.7 Å². The van der Waals surface area contributed by atoms with Crippen LogP contribution in [0.3, 0.4) is 0 Å². The molecule has 0 amide bonds. The number of rotatable bonds is 9. The zero-order valence-corrected chi connectivity index (χ0v) is 77.0. The second-order valence-corrected chi connectivity index (χ2v) is 38.1. The van der Waals surface area contributed by atoms with Gasteiger partial charge in [0.2, 0.25) is 17.8 Å². The average molecular weight is 1810 g/mol. The van der Waals surface area contributed by atoms with Gasteiger partial charge in [-0.25, -0.2) is 29.9 Å². The van der Waals surface area contributed by atoms with Crippen LogP contribution in [0.4, 0.5) is 0 Å². The van der Waals surface area contributed by atoms with Crippen LogP contribution in [0.1, 0.15) is 25.0 Å². The predicted molar refractivity (Wildman–Crippen MR) is 584 cm³/mol. The fourth-order valence-corrected chi connectivity index (χ4v) is 23.4. The molecule has 0 bridgehead atoms. The minimum Gasteiger partial charge on any atom is -0.455 e. The molecule has 0 fully saturated rings. The van der Waals surface area contributed by atoms with E-state index in [1.54, 1.807) is 0 Å². The number of benzene rings is 21. The number of para-hydroxylation sites is 5. The summed E-state index contributed by atoms with van der Waals surface area (Å²) in [6.07, 6.45) is 0. The van der Waals surface area contributed by atoms with E-state index in [1.165, 1.54) is 118 Å². The minimum absolute atomic E-state index is 0.185. The lowest BCUT2D eigenvalue weighted by Gasteiger charge is -2.25. The quantitative estimate of drug-likeness (QED) is 0.142. The van der Waals surface area contributed by atoms with Gasteiger partial charge in [-0.1, -0.05) is 360 Å². The number of furan rings is 1. The van der Waals surface area contributed by atoms with Crippen molar-refractivity contribution in [3.8, 4) is 96.1 Å². The van der Waals surface area contributed by atoms with E-state index in [0.717, 1.165) is 144 Å². The average Bonchev–Trinajstić information content (AvgIpc) is 1.56. The molecule has 0 aliphatic heterocycles. The molecule has 29 aromatic rings. The Labute approximate surface area is 807 Å². The Morgan fingerprint density at radius 3 is 1.12 bits per heavy atom. The highest BCUT2D eigenvalue weighted by molar-refractivity contribution is 7.26. The zero-order chi connectivity index (χ0) is 92.4. The summed E-state index contributed by atoms with van der Waals surface area (Å²) in [5.74, 6) is 1.98. The Morgan fingerprint density at radius 1 is 0.221 bits per heavy atom. The molecule has 0 radical (unpaired) electrons. The maximum absolute atomic E-state index is 6.55. The fourth-order valence-electron chi connectivity index (χ4n) is 22.2. The van der Waals surface area contributed by atoms with Gasteiger partial charge in [0.15, 0.2) is 0 Å². The summed E-state index contributed by atoms with van der Waals surface area (Å²) >= 11 is 1.83. The molecule has 140 heavy (non-hydrogen) atoms. The van der Waals surface area contributed by atoms with Gasteiger partial charge >= 0.3 is 0 Å². The Bertz CT molecular complexity index is 9830. The summed E-state index contributed by atoms with van der Waals surface area (Å²) in [4.78, 5) is 32.5. The van der Waals surface area contributed by atoms with Gasteiger partial charge in [0, 0.05) is 102 Å². The van der Waals surface area contributed by atoms with E-state index in [9.17, 15) is 0 Å². The molecule has 0 saturated carbocycles. The maximum Gasteiger partial charge on any atom is 0.235 e. The molecule has 30 rings (SSSR count). The van der Waals surface area contributed by atoms with Crippen molar-refractivity contribution in [3.05, 3.63) is 466 Å². The zero-order valence-electron chi connectivity index (χ0n) is 76.1. The number of nitrogens with zero attached hydrogens (tertiary/aromatic N) is 9. The number of hydrogen-bond acceptors (Lipinski definition) is 8. The normalized spacial score (nSPS) is 12.4. The molecule has 0 unspecified atom stereocenters. The second-order valence-electron chi connectivity index (χ2n) is 37.1. The molecule has 0 spiro atoms. The molecule has 11 heteroatoms. The molecule has 8 aromatic heterocycles. The third-order valence-corrected chi connectivity index (χ3v) is 30.0. The summed E-state index contributed by atoms with van der Waals surface area (Å²) in [5, 5.41) is 22.1. The van der Waals surface area contributed by atoms with Crippen LogP contribution >= 0.6 is 11.3 Å². The highest BCUT2D eigenvalue weighted by Crippen LogP contribution is 2.54. The van der Waals surface area contributed by atoms with Crippen LogP contribution in [0.5, 0.6) is 0 Å². The van der Waals surface area contributed by atoms with Crippen LogP contribution in [0.2, 0.25) is 0 Å². The first kappa shape index (κ1) is 80.3. The van der Waals surface area contributed by atoms with Gasteiger partial charge < -0.3 is 4.42 Å². The van der Waals surface area contributed by atoms with Crippen LogP contribution in [0, 0.1) is 0 Å². The first-order chi connectivity index (χ1) is 69.2. The smallest absolute Gasteiger partial charge is 0.235 e. The highest BCUT2D eigenvalue weighted by Gasteiger charge is 2.39. The predicted octanol–water partition coefficient (Wildman–Crippen LogP) is 34.2. The lowest BCUT2D eigenvalue weighted by molar-refractivity contribution is 0.662. The minimum atomic E-state index is -0.185. The van der Waals surface area contributed by atoms with Crippen molar-refractivity contribution >= 4 is 184 Å². The molecule has 0 N–H and O–H groups in total. The van der Waals surface area contributed by atoms with Crippen LogP contribution < -0.4 is 0 Å². The summed E-state index contributed by atoms with van der Waals surface area (Å²) in [5.41, 5.74) is 28.9. The van der Waals surface area contributed by atoms with Crippen molar-refractivity contribution < 1.29 is 4.42 Å². The number of aromatic nitrogens is 9. The molecule has 0 atom stereocenters. The van der Waals surface area contributed by atoms with Crippen LogP contribution in [0.15, 0.2) is 459 Å². The van der Waals surface area contributed by atoms with E-state index in [0.29, 0.717) is 17.8 Å². The van der Waals surface area contributed by atoms with Crippen LogP contribution in [-0.2, 0) is 5.41 Å². The van der Waals surface area contributed by atoms with Crippen molar-refractivity contribution in [1.82, 2.24) is 43.6 Å². The van der Waals surface area contributed by atoms with Gasteiger partial charge in [0.25, 0.3) is 0 Å². The molecule has 10 nitrogen and oxygen atoms in total. The Hall–Kier alpha value is -18.2. The number of thiophene rings is 1. The van der Waals surface area contributed by atoms with Gasteiger partial charge in [-0.2, -0.15) is 0 Å². The molecule has 0 saturated heterocycles. The van der Waals surface area contributed by atoms with E-state index in [1.807, 2.05) is 29.5 Å². The highest BCUT2D eigenvalue weighted by atomic mass is 32.1. The van der Waals surface area contributed by atoms with Crippen molar-refractivity contribution in [2.24, 2.45) is 0 Å². The summed E-state index contributed by atoms with van der Waals surface area (Å²) in [6, 6.07) is 162. The summed E-state index contributed by atoms with van der Waals surface area (Å²) in [7, 11) is 0. The molecule has 21 aromatic carbocycles. The second kappa shape index (κ2) is 32.0. The van der Waals surface area contributed by atoms with E-state index >= 15 is 0 Å². The van der Waals surface area contributed by atoms with Gasteiger partial charge in [0.05, 0.1) is 66.7 Å². The molecular formula is C129H81N9OS. The van der Waals surface area contributed by atoms with Crippen molar-refractivity contribution in [1.29, 1.82) is 0 Å². The molecule has 1 aliphatic rings. The Morgan fingerprint density at radius 2 is 0.593 bits per heavy atom. The van der Waals surface area contributed by atoms with Gasteiger partial charge in [-0.15, -0.1) is 11.3 Å². The van der Waals surface area contributed by atoms with E-state index in [4.69, 9.17) is 34.3 Å². The lowest BCUT2D eigenvalue weighted by Crippen LogP contribution is -2.16. The van der Waals surface area contributed by atoms with Crippen LogP contribution in [-0.4, -0.2) is 43.6 Å². The first-order valence-electron chi connectivity index (χ1n) is 47.6. The number of fused-ring (bicyclic) bond motifs is 24. The molecule has 654 valence electrons. The third kappa shape index (κ3) is 12.9. The topological polar surface area (TPSA) is 105 Å². The lowest BCUT2D eigenvalue weighted by atomic mass is 9.79. The van der Waals surface area contributed by atoms with E-state index in [-0.39, 0.29) is 5.41 Å². The maximum atomic E-state index is 6.55. The Balaban J connectivity index is 0.000000103. The Kier molecular flexibility index (Phi) is 18.4. The van der Waals surface area contributed by atoms with Crippen LogP contribution in [0.25, 0.3) is 269 Å². The molecule has 1 aliphatic carbocycles. The molecule has 8 heterocycles. The number of hydrogen-bond donors (Lipinski definition) is 0. The largest absolute Gasteiger partial charge is 0.455 e.